The van der Waals surface area contributed by atoms with E-state index in [1.165, 1.54) is 11.9 Å². The van der Waals surface area contributed by atoms with Crippen molar-refractivity contribution in [2.45, 2.75) is 12.5 Å². The van der Waals surface area contributed by atoms with E-state index in [1.54, 1.807) is 4.68 Å². The van der Waals surface area contributed by atoms with Crippen LogP contribution in [0.2, 0.25) is 0 Å². The first kappa shape index (κ1) is 21.7. The number of hydrogen-bond acceptors (Lipinski definition) is 7. The number of esters is 1. The van der Waals surface area contributed by atoms with Gasteiger partial charge in [0.25, 0.3) is 11.7 Å². The van der Waals surface area contributed by atoms with Crippen LogP contribution in [0.3, 0.4) is 0 Å². The van der Waals surface area contributed by atoms with Crippen LogP contribution in [-0.2, 0) is 19.4 Å². The quantitative estimate of drug-likeness (QED) is 0.522. The average Bonchev–Trinajstić information content (AvgIpc) is 3.41. The summed E-state index contributed by atoms with van der Waals surface area (Å²) in [6, 6.07) is 18.1. The predicted octanol–water partition coefficient (Wildman–Crippen LogP) is 1.74. The van der Waals surface area contributed by atoms with Crippen LogP contribution in [0.4, 0.5) is 0 Å². The lowest BCUT2D eigenvalue weighted by Gasteiger charge is -2.22. The number of nitrogens with zero attached hydrogens (tertiary/aromatic N) is 4. The molecule has 3 aromatic rings. The molecule has 1 aromatic heterocycles. The molecule has 4 rings (SSSR count). The van der Waals surface area contributed by atoms with E-state index in [1.807, 2.05) is 60.7 Å². The zero-order valence-electron chi connectivity index (χ0n) is 17.4. The monoisotopic (exact) mass is 454 g/mol. The van der Waals surface area contributed by atoms with Crippen LogP contribution in [0.5, 0.6) is 0 Å². The van der Waals surface area contributed by atoms with Crippen molar-refractivity contribution in [2.24, 2.45) is 0 Å². The fraction of sp³-hybridized carbons (Fsp3) is 0.273. The van der Waals surface area contributed by atoms with E-state index in [0.717, 1.165) is 11.3 Å². The molecule has 0 saturated carbocycles. The van der Waals surface area contributed by atoms with E-state index in [2.05, 4.69) is 10.1 Å². The Morgan fingerprint density at radius 2 is 1.75 bits per heavy atom. The van der Waals surface area contributed by atoms with Crippen molar-refractivity contribution in [1.29, 1.82) is 0 Å². The lowest BCUT2D eigenvalue weighted by molar-refractivity contribution is -0.134. The topological polar surface area (TPSA) is 111 Å². The molecule has 1 aliphatic rings. The molecule has 0 radical (unpaired) electrons. The molecule has 0 N–H and O–H groups in total. The molecule has 10 heteroatoms. The Kier molecular flexibility index (Phi) is 6.04. The van der Waals surface area contributed by atoms with Gasteiger partial charge < -0.3 is 9.64 Å². The summed E-state index contributed by atoms with van der Waals surface area (Å²) in [4.78, 5) is 30.7. The van der Waals surface area contributed by atoms with Crippen LogP contribution in [0.15, 0.2) is 60.7 Å². The summed E-state index contributed by atoms with van der Waals surface area (Å²) >= 11 is 0. The highest BCUT2D eigenvalue weighted by Gasteiger charge is 2.33. The largest absolute Gasteiger partial charge is 0.450 e. The van der Waals surface area contributed by atoms with Crippen molar-refractivity contribution in [2.75, 3.05) is 25.2 Å². The molecule has 9 nitrogen and oxygen atoms in total. The van der Waals surface area contributed by atoms with Crippen molar-refractivity contribution in [1.82, 2.24) is 19.7 Å². The Balaban J connectivity index is 1.50. The third-order valence-electron chi connectivity index (χ3n) is 5.30. The van der Waals surface area contributed by atoms with Gasteiger partial charge in [-0.05, 0) is 18.6 Å². The van der Waals surface area contributed by atoms with Crippen molar-refractivity contribution in [3.05, 3.63) is 66.5 Å². The van der Waals surface area contributed by atoms with Crippen LogP contribution in [0.1, 0.15) is 17.0 Å². The third-order valence-corrected chi connectivity index (χ3v) is 7.05. The highest BCUT2D eigenvalue weighted by Crippen LogP contribution is 2.21. The van der Waals surface area contributed by atoms with Gasteiger partial charge in [0.15, 0.2) is 22.3 Å². The summed E-state index contributed by atoms with van der Waals surface area (Å²) in [5, 5.41) is 4.30. The van der Waals surface area contributed by atoms with Gasteiger partial charge in [-0.2, -0.15) is 0 Å². The van der Waals surface area contributed by atoms with E-state index in [-0.39, 0.29) is 17.3 Å². The Bertz CT molecular complexity index is 1170. The molecule has 32 heavy (non-hydrogen) atoms. The van der Waals surface area contributed by atoms with Gasteiger partial charge in [0.1, 0.15) is 0 Å². The molecule has 166 valence electrons. The summed E-state index contributed by atoms with van der Waals surface area (Å²) in [7, 11) is -1.62. The minimum Gasteiger partial charge on any atom is -0.450 e. The van der Waals surface area contributed by atoms with Crippen LogP contribution < -0.4 is 0 Å². The van der Waals surface area contributed by atoms with Gasteiger partial charge in [-0.3, -0.25) is 4.79 Å². The molecule has 1 fully saturated rings. The smallest absolute Gasteiger partial charge is 0.378 e. The normalized spacial score (nSPS) is 17.1. The minimum absolute atomic E-state index is 0.0537. The second-order valence-corrected chi connectivity index (χ2v) is 9.74. The summed E-state index contributed by atoms with van der Waals surface area (Å²) in [6.07, 6.45) is 0.377. The Morgan fingerprint density at radius 1 is 1.09 bits per heavy atom. The highest BCUT2D eigenvalue weighted by atomic mass is 32.2. The van der Waals surface area contributed by atoms with Gasteiger partial charge in [0, 0.05) is 18.7 Å². The first-order valence-corrected chi connectivity index (χ1v) is 11.9. The molecule has 0 aliphatic carbocycles. The van der Waals surface area contributed by atoms with Crippen molar-refractivity contribution >= 4 is 21.7 Å². The number of ether oxygens (including phenoxy) is 1. The third kappa shape index (κ3) is 4.70. The molecule has 0 unspecified atom stereocenters. The second-order valence-electron chi connectivity index (χ2n) is 7.51. The van der Waals surface area contributed by atoms with E-state index < -0.39 is 34.4 Å². The number of para-hydroxylation sites is 1. The summed E-state index contributed by atoms with van der Waals surface area (Å²) < 4.78 is 30.0. The minimum atomic E-state index is -3.13. The molecule has 1 atom stereocenters. The highest BCUT2D eigenvalue weighted by molar-refractivity contribution is 7.91. The lowest BCUT2D eigenvalue weighted by Crippen LogP contribution is -2.40. The summed E-state index contributed by atoms with van der Waals surface area (Å²) in [5.41, 5.74) is 1.48. The fourth-order valence-electron chi connectivity index (χ4n) is 3.50. The second kappa shape index (κ2) is 8.91. The van der Waals surface area contributed by atoms with E-state index in [0.29, 0.717) is 12.2 Å². The Labute approximate surface area is 185 Å². The number of benzene rings is 2. The first-order valence-electron chi connectivity index (χ1n) is 10.1. The van der Waals surface area contributed by atoms with E-state index in [4.69, 9.17) is 4.74 Å². The lowest BCUT2D eigenvalue weighted by atomic mass is 10.2. The maximum Gasteiger partial charge on any atom is 0.378 e. The van der Waals surface area contributed by atoms with Crippen LogP contribution >= 0.6 is 0 Å². The maximum atomic E-state index is 12.6. The molecular formula is C22H22N4O5S. The molecular weight excluding hydrogens is 432 g/mol. The molecule has 1 aliphatic heterocycles. The number of amides is 1. The fourth-order valence-corrected chi connectivity index (χ4v) is 5.27. The van der Waals surface area contributed by atoms with Crippen molar-refractivity contribution < 1.29 is 22.7 Å². The molecule has 0 spiro atoms. The van der Waals surface area contributed by atoms with Gasteiger partial charge in [-0.15, -0.1) is 5.10 Å². The molecule has 2 aromatic carbocycles. The van der Waals surface area contributed by atoms with Gasteiger partial charge in [0.2, 0.25) is 0 Å². The number of sulfone groups is 1. The van der Waals surface area contributed by atoms with Crippen molar-refractivity contribution in [3.8, 4) is 17.1 Å². The van der Waals surface area contributed by atoms with Gasteiger partial charge in [-0.1, -0.05) is 48.5 Å². The van der Waals surface area contributed by atoms with E-state index >= 15 is 0 Å². The Morgan fingerprint density at radius 3 is 2.38 bits per heavy atom. The number of carbonyl (C=O) groups excluding carboxylic acids is 2. The molecule has 0 bridgehead atoms. The zero-order chi connectivity index (χ0) is 22.7. The first-order chi connectivity index (χ1) is 15.3. The van der Waals surface area contributed by atoms with Gasteiger partial charge in [-0.25, -0.2) is 22.9 Å². The Hall–Kier alpha value is -3.53. The van der Waals surface area contributed by atoms with E-state index in [9.17, 15) is 18.0 Å². The van der Waals surface area contributed by atoms with Crippen molar-refractivity contribution in [3.63, 3.8) is 0 Å². The maximum absolute atomic E-state index is 12.6. The standard InChI is InChI=1S/C22H22N4O5S/c1-25(18-12-13-32(29,30)15-18)19(27)14-31-22(28)20-23-21(16-8-4-2-5-9-16)26(24-20)17-10-6-3-7-11-17/h2-11,18H,12-15H2,1H3/t18-/m1/s1. The molecule has 1 saturated heterocycles. The number of rotatable bonds is 6. The van der Waals surface area contributed by atoms with Crippen LogP contribution in [-0.4, -0.2) is 71.2 Å². The number of carbonyl (C=O) groups is 2. The van der Waals surface area contributed by atoms with Gasteiger partial charge in [0.05, 0.1) is 17.2 Å². The molecule has 1 amide bonds. The average molecular weight is 455 g/mol. The zero-order valence-corrected chi connectivity index (χ0v) is 18.2. The van der Waals surface area contributed by atoms with Crippen LogP contribution in [0, 0.1) is 0 Å². The summed E-state index contributed by atoms with van der Waals surface area (Å²) in [5.74, 6) is -1.05. The molecule has 2 heterocycles. The van der Waals surface area contributed by atoms with Gasteiger partial charge >= 0.3 is 5.97 Å². The number of hydrogen-bond donors (Lipinski definition) is 0. The predicted molar refractivity (Wildman–Crippen MR) is 117 cm³/mol. The number of aromatic nitrogens is 3. The van der Waals surface area contributed by atoms with Crippen LogP contribution in [0.25, 0.3) is 17.1 Å². The SMILES string of the molecule is CN(C(=O)COC(=O)c1nc(-c2ccccc2)n(-c2ccccc2)n1)[C@@H]1CCS(=O)(=O)C1. The summed E-state index contributed by atoms with van der Waals surface area (Å²) in [6.45, 7) is -0.521. The number of likely N-dealkylation sites (N-methyl/N-ethyl adjacent to an activating group) is 1.